The van der Waals surface area contributed by atoms with Gasteiger partial charge in [0.05, 0.1) is 25.2 Å². The zero-order chi connectivity index (χ0) is 14.9. The van der Waals surface area contributed by atoms with E-state index in [4.69, 9.17) is 16.3 Å². The molecule has 1 aromatic carbocycles. The second-order valence-corrected chi connectivity index (χ2v) is 6.78. The molecule has 2 saturated heterocycles. The number of hydrogen-bond acceptors (Lipinski definition) is 4. The molecule has 0 unspecified atom stereocenters. The van der Waals surface area contributed by atoms with E-state index in [1.165, 1.54) is 11.3 Å². The molecule has 21 heavy (non-hydrogen) atoms. The minimum absolute atomic E-state index is 0.0197. The van der Waals surface area contributed by atoms with Gasteiger partial charge in [-0.15, -0.1) is 0 Å². The Kier molecular flexibility index (Phi) is 4.41. The van der Waals surface area contributed by atoms with Gasteiger partial charge in [-0.2, -0.15) is 0 Å². The van der Waals surface area contributed by atoms with Crippen LogP contribution in [0.4, 0.5) is 5.69 Å². The third-order valence-electron chi connectivity index (χ3n) is 4.60. The molecule has 0 saturated carbocycles. The van der Waals surface area contributed by atoms with Crippen molar-refractivity contribution >= 4 is 17.3 Å². The van der Waals surface area contributed by atoms with Crippen LogP contribution in [0.25, 0.3) is 0 Å². The zero-order valence-electron chi connectivity index (χ0n) is 12.5. The van der Waals surface area contributed by atoms with E-state index in [1.807, 2.05) is 6.07 Å². The van der Waals surface area contributed by atoms with Crippen LogP contribution >= 0.6 is 11.6 Å². The molecule has 0 amide bonds. The van der Waals surface area contributed by atoms with Crippen molar-refractivity contribution in [3.8, 4) is 0 Å². The highest BCUT2D eigenvalue weighted by atomic mass is 35.5. The molecule has 2 fully saturated rings. The predicted octanol–water partition coefficient (Wildman–Crippen LogP) is 1.78. The van der Waals surface area contributed by atoms with Gasteiger partial charge in [-0.25, -0.2) is 0 Å². The Morgan fingerprint density at radius 2 is 1.95 bits per heavy atom. The summed E-state index contributed by atoms with van der Waals surface area (Å²) in [6, 6.07) is 6.08. The van der Waals surface area contributed by atoms with Crippen LogP contribution in [0.3, 0.4) is 0 Å². The van der Waals surface area contributed by atoms with Crippen molar-refractivity contribution in [2.45, 2.75) is 6.92 Å². The highest BCUT2D eigenvalue weighted by Crippen LogP contribution is 2.29. The first-order chi connectivity index (χ1) is 10.1. The van der Waals surface area contributed by atoms with Crippen LogP contribution < -0.4 is 4.90 Å². The maximum atomic E-state index is 9.53. The molecule has 4 nitrogen and oxygen atoms in total. The van der Waals surface area contributed by atoms with Gasteiger partial charge in [-0.3, -0.25) is 4.90 Å². The summed E-state index contributed by atoms with van der Waals surface area (Å²) in [5.41, 5.74) is 2.49. The van der Waals surface area contributed by atoms with Crippen LogP contribution in [-0.2, 0) is 4.74 Å². The van der Waals surface area contributed by atoms with Gasteiger partial charge < -0.3 is 14.7 Å². The van der Waals surface area contributed by atoms with Gasteiger partial charge in [0.25, 0.3) is 0 Å². The molecule has 2 heterocycles. The Bertz CT molecular complexity index is 492. The molecule has 1 aromatic rings. The van der Waals surface area contributed by atoms with E-state index in [9.17, 15) is 5.11 Å². The van der Waals surface area contributed by atoms with Gasteiger partial charge in [0.2, 0.25) is 0 Å². The van der Waals surface area contributed by atoms with Crippen molar-refractivity contribution in [3.63, 3.8) is 0 Å². The van der Waals surface area contributed by atoms with Crippen molar-refractivity contribution < 1.29 is 9.84 Å². The number of anilines is 1. The van der Waals surface area contributed by atoms with Crippen LogP contribution in [0.5, 0.6) is 0 Å². The van der Waals surface area contributed by atoms with Crippen molar-refractivity contribution in [1.82, 2.24) is 4.90 Å². The topological polar surface area (TPSA) is 35.9 Å². The minimum Gasteiger partial charge on any atom is -0.396 e. The van der Waals surface area contributed by atoms with Gasteiger partial charge in [0, 0.05) is 43.4 Å². The SMILES string of the molecule is Cc1ccc(Cl)cc1N1CCN(CC2(CO)COC2)CC1. The average molecular weight is 311 g/mol. The van der Waals surface area contributed by atoms with Crippen LogP contribution in [0.2, 0.25) is 5.02 Å². The number of hydrogen-bond donors (Lipinski definition) is 1. The summed E-state index contributed by atoms with van der Waals surface area (Å²) in [6.07, 6.45) is 0. The van der Waals surface area contributed by atoms with Gasteiger partial charge >= 0.3 is 0 Å². The summed E-state index contributed by atoms with van der Waals surface area (Å²) in [5.74, 6) is 0. The molecular formula is C16H23ClN2O2. The summed E-state index contributed by atoms with van der Waals surface area (Å²) >= 11 is 6.12. The smallest absolute Gasteiger partial charge is 0.0579 e. The molecule has 0 aromatic heterocycles. The van der Waals surface area contributed by atoms with Crippen molar-refractivity contribution in [1.29, 1.82) is 0 Å². The number of piperazine rings is 1. The monoisotopic (exact) mass is 310 g/mol. The normalized spacial score (nSPS) is 22.1. The van der Waals surface area contributed by atoms with E-state index in [0.29, 0.717) is 13.2 Å². The first kappa shape index (κ1) is 15.1. The molecule has 2 aliphatic rings. The lowest BCUT2D eigenvalue weighted by molar-refractivity contribution is -0.148. The number of aliphatic hydroxyl groups excluding tert-OH is 1. The molecule has 0 spiro atoms. The fourth-order valence-corrected chi connectivity index (χ4v) is 3.33. The summed E-state index contributed by atoms with van der Waals surface area (Å²) in [5, 5.41) is 10.3. The van der Waals surface area contributed by atoms with Crippen molar-refractivity contribution in [2.75, 3.05) is 57.4 Å². The van der Waals surface area contributed by atoms with E-state index in [-0.39, 0.29) is 12.0 Å². The summed E-state index contributed by atoms with van der Waals surface area (Å²) < 4.78 is 5.28. The number of aliphatic hydroxyl groups is 1. The van der Waals surface area contributed by atoms with Crippen LogP contribution in [-0.4, -0.2) is 62.6 Å². The molecule has 5 heteroatoms. The van der Waals surface area contributed by atoms with Crippen molar-refractivity contribution in [2.24, 2.45) is 5.41 Å². The average Bonchev–Trinajstić information content (AvgIpc) is 2.46. The lowest BCUT2D eigenvalue weighted by Crippen LogP contribution is -2.57. The first-order valence-corrected chi connectivity index (χ1v) is 7.92. The largest absolute Gasteiger partial charge is 0.396 e. The number of nitrogens with zero attached hydrogens (tertiary/aromatic N) is 2. The number of ether oxygens (including phenoxy) is 1. The van der Waals surface area contributed by atoms with Crippen molar-refractivity contribution in [3.05, 3.63) is 28.8 Å². The molecular weight excluding hydrogens is 288 g/mol. The number of aryl methyl sites for hydroxylation is 1. The van der Waals surface area contributed by atoms with Crippen LogP contribution in [0, 0.1) is 12.3 Å². The Morgan fingerprint density at radius 3 is 2.52 bits per heavy atom. The molecule has 3 rings (SSSR count). The maximum Gasteiger partial charge on any atom is 0.0579 e. The molecule has 0 aliphatic carbocycles. The minimum atomic E-state index is -0.0197. The number of rotatable bonds is 4. The van der Waals surface area contributed by atoms with E-state index < -0.39 is 0 Å². The summed E-state index contributed by atoms with van der Waals surface area (Å²) in [7, 11) is 0. The first-order valence-electron chi connectivity index (χ1n) is 7.54. The van der Waals surface area contributed by atoms with Gasteiger partial charge in [0.15, 0.2) is 0 Å². The molecule has 2 aliphatic heterocycles. The zero-order valence-corrected chi connectivity index (χ0v) is 13.3. The third kappa shape index (κ3) is 3.19. The molecule has 116 valence electrons. The lowest BCUT2D eigenvalue weighted by atomic mass is 9.86. The molecule has 0 bridgehead atoms. The van der Waals surface area contributed by atoms with Gasteiger partial charge in [-0.05, 0) is 24.6 Å². The summed E-state index contributed by atoms with van der Waals surface area (Å²) in [6.45, 7) is 8.72. The highest BCUT2D eigenvalue weighted by Gasteiger charge is 2.40. The highest BCUT2D eigenvalue weighted by molar-refractivity contribution is 6.30. The lowest BCUT2D eigenvalue weighted by Gasteiger charge is -2.45. The van der Waals surface area contributed by atoms with Crippen LogP contribution in [0.15, 0.2) is 18.2 Å². The Labute approximate surface area is 131 Å². The standard InChI is InChI=1S/C16H23ClN2O2/c1-13-2-3-14(17)8-15(13)19-6-4-18(5-7-19)9-16(10-20)11-21-12-16/h2-3,8,20H,4-7,9-12H2,1H3. The predicted molar refractivity (Wildman–Crippen MR) is 85.2 cm³/mol. The van der Waals surface area contributed by atoms with Gasteiger partial charge in [-0.1, -0.05) is 17.7 Å². The fourth-order valence-electron chi connectivity index (χ4n) is 3.17. The van der Waals surface area contributed by atoms with E-state index in [2.05, 4.69) is 28.9 Å². The second-order valence-electron chi connectivity index (χ2n) is 6.34. The fraction of sp³-hybridized carbons (Fsp3) is 0.625. The third-order valence-corrected chi connectivity index (χ3v) is 4.83. The van der Waals surface area contributed by atoms with E-state index in [0.717, 1.165) is 37.7 Å². The van der Waals surface area contributed by atoms with E-state index >= 15 is 0 Å². The molecule has 0 atom stereocenters. The molecule has 0 radical (unpaired) electrons. The molecule has 1 N–H and O–H groups in total. The number of benzene rings is 1. The Balaban J connectivity index is 1.59. The quantitative estimate of drug-likeness (QED) is 0.919. The maximum absolute atomic E-state index is 9.53. The van der Waals surface area contributed by atoms with Crippen LogP contribution in [0.1, 0.15) is 5.56 Å². The number of halogens is 1. The van der Waals surface area contributed by atoms with E-state index in [1.54, 1.807) is 0 Å². The second kappa shape index (κ2) is 6.13. The Morgan fingerprint density at radius 1 is 1.24 bits per heavy atom. The summed E-state index contributed by atoms with van der Waals surface area (Å²) in [4.78, 5) is 4.84. The Hall–Kier alpha value is -0.810. The van der Waals surface area contributed by atoms with Gasteiger partial charge in [0.1, 0.15) is 0 Å².